The first kappa shape index (κ1) is 16.5. The van der Waals surface area contributed by atoms with E-state index < -0.39 is 18.8 Å². The summed E-state index contributed by atoms with van der Waals surface area (Å²) in [6.07, 6.45) is -3.55. The molecule has 0 aliphatic rings. The van der Waals surface area contributed by atoms with Crippen LogP contribution in [0, 0.1) is 0 Å². The second-order valence-corrected chi connectivity index (χ2v) is 5.21. The Morgan fingerprint density at radius 3 is 2.59 bits per heavy atom. The highest BCUT2D eigenvalue weighted by atomic mass is 19.4. The van der Waals surface area contributed by atoms with Crippen LogP contribution in [0.5, 0.6) is 0 Å². The SMILES string of the molecule is CN(Cc1nccn1Cc1ccccc1)CC(O)C(F)(F)F. The third-order valence-corrected chi connectivity index (χ3v) is 3.27. The summed E-state index contributed by atoms with van der Waals surface area (Å²) in [5, 5.41) is 9.10. The molecule has 1 N–H and O–H groups in total. The summed E-state index contributed by atoms with van der Waals surface area (Å²) in [6, 6.07) is 9.72. The van der Waals surface area contributed by atoms with Gasteiger partial charge in [-0.1, -0.05) is 30.3 Å². The summed E-state index contributed by atoms with van der Waals surface area (Å²) in [4.78, 5) is 5.58. The Labute approximate surface area is 126 Å². The highest BCUT2D eigenvalue weighted by Crippen LogP contribution is 2.20. The van der Waals surface area contributed by atoms with E-state index in [1.54, 1.807) is 12.4 Å². The molecule has 0 fully saturated rings. The molecule has 0 radical (unpaired) electrons. The van der Waals surface area contributed by atoms with Crippen LogP contribution in [0.4, 0.5) is 13.2 Å². The van der Waals surface area contributed by atoms with Crippen molar-refractivity contribution in [1.29, 1.82) is 0 Å². The van der Waals surface area contributed by atoms with Crippen LogP contribution in [0.3, 0.4) is 0 Å². The number of likely N-dealkylation sites (N-methyl/N-ethyl adjacent to an activating group) is 1. The van der Waals surface area contributed by atoms with Crippen molar-refractivity contribution in [3.63, 3.8) is 0 Å². The number of alkyl halides is 3. The number of halogens is 3. The molecule has 1 heterocycles. The maximum absolute atomic E-state index is 12.4. The first-order valence-electron chi connectivity index (χ1n) is 6.83. The van der Waals surface area contributed by atoms with Crippen LogP contribution in [0.1, 0.15) is 11.4 Å². The lowest BCUT2D eigenvalue weighted by Gasteiger charge is -2.22. The summed E-state index contributed by atoms with van der Waals surface area (Å²) in [6.45, 7) is 0.348. The molecule has 0 amide bonds. The maximum atomic E-state index is 12.4. The van der Waals surface area contributed by atoms with E-state index in [9.17, 15) is 13.2 Å². The molecule has 0 bridgehead atoms. The topological polar surface area (TPSA) is 41.3 Å². The molecule has 1 atom stereocenters. The third kappa shape index (κ3) is 4.57. The minimum absolute atomic E-state index is 0.229. The van der Waals surface area contributed by atoms with Crippen LogP contribution in [-0.2, 0) is 13.1 Å². The van der Waals surface area contributed by atoms with Gasteiger partial charge < -0.3 is 9.67 Å². The van der Waals surface area contributed by atoms with E-state index in [-0.39, 0.29) is 6.54 Å². The molecule has 2 aromatic rings. The molecule has 7 heteroatoms. The van der Waals surface area contributed by atoms with Gasteiger partial charge in [-0.15, -0.1) is 0 Å². The molecule has 22 heavy (non-hydrogen) atoms. The number of aromatic nitrogens is 2. The van der Waals surface area contributed by atoms with E-state index in [0.29, 0.717) is 12.4 Å². The van der Waals surface area contributed by atoms with Crippen LogP contribution in [0.15, 0.2) is 42.7 Å². The Kier molecular flexibility index (Phi) is 5.20. The van der Waals surface area contributed by atoms with Crippen molar-refractivity contribution in [2.24, 2.45) is 0 Å². The monoisotopic (exact) mass is 313 g/mol. The zero-order valence-electron chi connectivity index (χ0n) is 12.2. The number of imidazole rings is 1. The molecule has 4 nitrogen and oxygen atoms in total. The average molecular weight is 313 g/mol. The molecular formula is C15H18F3N3O. The molecule has 0 spiro atoms. The Bertz CT molecular complexity index is 583. The number of rotatable bonds is 6. The van der Waals surface area contributed by atoms with Crippen molar-refractivity contribution in [2.75, 3.05) is 13.6 Å². The number of aliphatic hydroxyl groups excluding tert-OH is 1. The van der Waals surface area contributed by atoms with Gasteiger partial charge in [0.25, 0.3) is 0 Å². The number of hydrogen-bond acceptors (Lipinski definition) is 3. The summed E-state index contributed by atoms with van der Waals surface area (Å²) < 4.78 is 39.0. The van der Waals surface area contributed by atoms with Crippen LogP contribution in [0.25, 0.3) is 0 Å². The van der Waals surface area contributed by atoms with Gasteiger partial charge in [0.05, 0.1) is 6.54 Å². The number of aliphatic hydroxyl groups is 1. The second kappa shape index (κ2) is 6.93. The van der Waals surface area contributed by atoms with Gasteiger partial charge in [-0.3, -0.25) is 4.90 Å². The highest BCUT2D eigenvalue weighted by Gasteiger charge is 2.38. The smallest absolute Gasteiger partial charge is 0.382 e. The molecule has 1 aromatic heterocycles. The van der Waals surface area contributed by atoms with Crippen LogP contribution >= 0.6 is 0 Å². The Hall–Kier alpha value is -1.86. The molecule has 1 aromatic carbocycles. The summed E-state index contributed by atoms with van der Waals surface area (Å²) in [7, 11) is 1.52. The van der Waals surface area contributed by atoms with E-state index in [4.69, 9.17) is 5.11 Å². The zero-order valence-corrected chi connectivity index (χ0v) is 12.2. The number of nitrogens with zero attached hydrogens (tertiary/aromatic N) is 3. The fourth-order valence-corrected chi connectivity index (χ4v) is 2.12. The lowest BCUT2D eigenvalue weighted by molar-refractivity contribution is -0.207. The van der Waals surface area contributed by atoms with Gasteiger partial charge >= 0.3 is 6.18 Å². The summed E-state index contributed by atoms with van der Waals surface area (Å²) >= 11 is 0. The molecular weight excluding hydrogens is 295 g/mol. The van der Waals surface area contributed by atoms with Crippen LogP contribution in [-0.4, -0.2) is 45.4 Å². The molecule has 0 saturated carbocycles. The first-order chi connectivity index (χ1) is 10.4. The standard InChI is InChI=1S/C15H18F3N3O/c1-20(10-13(22)15(16,17)18)11-14-19-7-8-21(14)9-12-5-3-2-4-6-12/h2-8,13,22H,9-11H2,1H3. The minimum atomic E-state index is -4.60. The van der Waals surface area contributed by atoms with Gasteiger partial charge in [0.1, 0.15) is 5.82 Å². The van der Waals surface area contributed by atoms with Gasteiger partial charge in [0, 0.05) is 25.5 Å². The largest absolute Gasteiger partial charge is 0.415 e. The van der Waals surface area contributed by atoms with E-state index in [2.05, 4.69) is 4.98 Å². The number of hydrogen-bond donors (Lipinski definition) is 1. The van der Waals surface area contributed by atoms with Gasteiger partial charge in [-0.05, 0) is 12.6 Å². The fourth-order valence-electron chi connectivity index (χ4n) is 2.12. The Morgan fingerprint density at radius 1 is 1.27 bits per heavy atom. The maximum Gasteiger partial charge on any atom is 0.415 e. The normalized spacial score (nSPS) is 13.5. The average Bonchev–Trinajstić information content (AvgIpc) is 2.86. The van der Waals surface area contributed by atoms with Crippen molar-refractivity contribution < 1.29 is 18.3 Å². The Balaban J connectivity index is 1.98. The molecule has 120 valence electrons. The highest BCUT2D eigenvalue weighted by molar-refractivity contribution is 5.15. The van der Waals surface area contributed by atoms with E-state index >= 15 is 0 Å². The van der Waals surface area contributed by atoms with Gasteiger partial charge in [0.2, 0.25) is 0 Å². The van der Waals surface area contributed by atoms with Crippen molar-refractivity contribution in [3.05, 3.63) is 54.1 Å². The quantitative estimate of drug-likeness (QED) is 0.889. The summed E-state index contributed by atoms with van der Waals surface area (Å²) in [5.74, 6) is 0.653. The van der Waals surface area contributed by atoms with Gasteiger partial charge in [-0.2, -0.15) is 13.2 Å². The first-order valence-corrected chi connectivity index (χ1v) is 6.83. The fraction of sp³-hybridized carbons (Fsp3) is 0.400. The van der Waals surface area contributed by atoms with Crippen molar-refractivity contribution in [3.8, 4) is 0 Å². The van der Waals surface area contributed by atoms with Crippen molar-refractivity contribution in [1.82, 2.24) is 14.5 Å². The van der Waals surface area contributed by atoms with E-state index in [1.165, 1.54) is 11.9 Å². The third-order valence-electron chi connectivity index (χ3n) is 3.27. The molecule has 2 rings (SSSR count). The predicted octanol–water partition coefficient (Wildman–Crippen LogP) is 2.29. The van der Waals surface area contributed by atoms with Crippen LogP contribution in [0.2, 0.25) is 0 Å². The lowest BCUT2D eigenvalue weighted by Crippen LogP contribution is -2.39. The predicted molar refractivity (Wildman–Crippen MR) is 76.2 cm³/mol. The van der Waals surface area contributed by atoms with Gasteiger partial charge in [-0.25, -0.2) is 4.98 Å². The van der Waals surface area contributed by atoms with E-state index in [0.717, 1.165) is 5.56 Å². The lowest BCUT2D eigenvalue weighted by atomic mass is 10.2. The molecule has 0 aliphatic heterocycles. The molecule has 0 aliphatic carbocycles. The van der Waals surface area contributed by atoms with Crippen molar-refractivity contribution in [2.45, 2.75) is 25.4 Å². The second-order valence-electron chi connectivity index (χ2n) is 5.21. The summed E-state index contributed by atoms with van der Waals surface area (Å²) in [5.41, 5.74) is 1.08. The Morgan fingerprint density at radius 2 is 1.95 bits per heavy atom. The minimum Gasteiger partial charge on any atom is -0.382 e. The van der Waals surface area contributed by atoms with Crippen molar-refractivity contribution >= 4 is 0 Å². The van der Waals surface area contributed by atoms with E-state index in [1.807, 2.05) is 34.9 Å². The zero-order chi connectivity index (χ0) is 16.2. The van der Waals surface area contributed by atoms with Gasteiger partial charge in [0.15, 0.2) is 6.10 Å². The number of benzene rings is 1. The van der Waals surface area contributed by atoms with Crippen LogP contribution < -0.4 is 0 Å². The molecule has 0 saturated heterocycles. The molecule has 1 unspecified atom stereocenters.